The lowest BCUT2D eigenvalue weighted by atomic mass is 10.2. The van der Waals surface area contributed by atoms with Gasteiger partial charge >= 0.3 is 0 Å². The van der Waals surface area contributed by atoms with E-state index in [1.54, 1.807) is 0 Å². The van der Waals surface area contributed by atoms with Gasteiger partial charge in [-0.1, -0.05) is 13.8 Å². The van der Waals surface area contributed by atoms with Crippen molar-refractivity contribution in [3.63, 3.8) is 0 Å². The Bertz CT molecular complexity index is 128. The Morgan fingerprint density at radius 3 is 2.58 bits per heavy atom. The van der Waals surface area contributed by atoms with Crippen LogP contribution in [0.25, 0.3) is 0 Å². The third-order valence-corrected chi connectivity index (χ3v) is 2.57. The van der Waals surface area contributed by atoms with Crippen molar-refractivity contribution >= 4 is 10.8 Å². The summed E-state index contributed by atoms with van der Waals surface area (Å²) in [6.45, 7) is 6.02. The minimum Gasteiger partial charge on any atom is -0.380 e. The number of hydrogen-bond acceptors (Lipinski definition) is 3. The number of hydrogen-bond donors (Lipinski definition) is 1. The van der Waals surface area contributed by atoms with Gasteiger partial charge in [-0.2, -0.15) is 0 Å². The molecule has 1 unspecified atom stereocenters. The minimum absolute atomic E-state index is 0.497. The molecule has 4 heteroatoms. The quantitative estimate of drug-likeness (QED) is 0.594. The van der Waals surface area contributed by atoms with Crippen LogP contribution in [0.4, 0.5) is 0 Å². The zero-order valence-electron chi connectivity index (χ0n) is 7.91. The normalized spacial score (nSPS) is 13.7. The first-order chi connectivity index (χ1) is 5.66. The van der Waals surface area contributed by atoms with Gasteiger partial charge in [0.25, 0.3) is 0 Å². The highest BCUT2D eigenvalue weighted by Gasteiger charge is 1.98. The molecule has 0 spiro atoms. The van der Waals surface area contributed by atoms with Gasteiger partial charge in [-0.15, -0.1) is 0 Å². The lowest BCUT2D eigenvalue weighted by Gasteiger charge is -2.05. The average molecular weight is 193 g/mol. The summed E-state index contributed by atoms with van der Waals surface area (Å²) in [7, 11) is -0.785. The van der Waals surface area contributed by atoms with E-state index in [4.69, 9.17) is 10.5 Å². The Morgan fingerprint density at radius 2 is 2.08 bits per heavy atom. The van der Waals surface area contributed by atoms with Gasteiger partial charge in [0.1, 0.15) is 0 Å². The van der Waals surface area contributed by atoms with Crippen molar-refractivity contribution < 1.29 is 8.95 Å². The lowest BCUT2D eigenvalue weighted by Crippen LogP contribution is -2.16. The number of ether oxygens (including phenoxy) is 1. The maximum absolute atomic E-state index is 11.0. The lowest BCUT2D eigenvalue weighted by molar-refractivity contribution is 0.123. The molecule has 0 bridgehead atoms. The van der Waals surface area contributed by atoms with Crippen LogP contribution in [0, 0.1) is 5.92 Å². The summed E-state index contributed by atoms with van der Waals surface area (Å²) in [4.78, 5) is 0. The molecule has 0 aromatic rings. The van der Waals surface area contributed by atoms with Gasteiger partial charge in [0.05, 0.1) is 6.61 Å². The van der Waals surface area contributed by atoms with Gasteiger partial charge in [-0.25, -0.2) is 0 Å². The van der Waals surface area contributed by atoms with Crippen LogP contribution in [-0.2, 0) is 15.5 Å². The van der Waals surface area contributed by atoms with Crippen molar-refractivity contribution in [3.05, 3.63) is 0 Å². The molecule has 0 aromatic heterocycles. The second-order valence-electron chi connectivity index (χ2n) is 3.11. The van der Waals surface area contributed by atoms with Gasteiger partial charge in [-0.3, -0.25) is 4.21 Å². The van der Waals surface area contributed by atoms with Crippen LogP contribution in [0.2, 0.25) is 0 Å². The molecular weight excluding hydrogens is 174 g/mol. The fourth-order valence-corrected chi connectivity index (χ4v) is 1.48. The molecule has 0 saturated heterocycles. The van der Waals surface area contributed by atoms with Crippen LogP contribution < -0.4 is 5.73 Å². The van der Waals surface area contributed by atoms with Gasteiger partial charge in [0.2, 0.25) is 0 Å². The van der Waals surface area contributed by atoms with Gasteiger partial charge in [0.15, 0.2) is 0 Å². The second-order valence-corrected chi connectivity index (χ2v) is 4.80. The summed E-state index contributed by atoms with van der Waals surface area (Å²) in [6.07, 6.45) is 0. The molecule has 0 aromatic carbocycles. The zero-order chi connectivity index (χ0) is 9.40. The smallest absolute Gasteiger partial charge is 0.0581 e. The molecule has 0 heterocycles. The molecule has 12 heavy (non-hydrogen) atoms. The molecule has 0 amide bonds. The molecular formula is C8H19NO2S. The molecule has 0 rings (SSSR count). The number of rotatable bonds is 7. The van der Waals surface area contributed by atoms with Crippen LogP contribution in [0.1, 0.15) is 13.8 Å². The van der Waals surface area contributed by atoms with Gasteiger partial charge < -0.3 is 10.5 Å². The van der Waals surface area contributed by atoms with E-state index in [2.05, 4.69) is 13.8 Å². The van der Waals surface area contributed by atoms with Crippen LogP contribution >= 0.6 is 0 Å². The van der Waals surface area contributed by atoms with Crippen LogP contribution in [0.5, 0.6) is 0 Å². The molecule has 0 saturated carbocycles. The molecule has 74 valence electrons. The molecule has 0 aliphatic rings. The molecule has 2 N–H and O–H groups in total. The van der Waals surface area contributed by atoms with E-state index in [0.29, 0.717) is 30.6 Å². The highest BCUT2D eigenvalue weighted by Crippen LogP contribution is 1.92. The van der Waals surface area contributed by atoms with Crippen molar-refractivity contribution in [1.82, 2.24) is 0 Å². The molecule has 3 nitrogen and oxygen atoms in total. The monoisotopic (exact) mass is 193 g/mol. The van der Waals surface area contributed by atoms with E-state index in [1.165, 1.54) is 0 Å². The predicted octanol–water partition coefficient (Wildman–Crippen LogP) is 0.366. The third-order valence-electron chi connectivity index (χ3n) is 1.25. The predicted molar refractivity (Wildman–Crippen MR) is 52.6 cm³/mol. The number of nitrogens with two attached hydrogens (primary N) is 1. The Morgan fingerprint density at radius 1 is 1.42 bits per heavy atom. The third kappa shape index (κ3) is 8.17. The Labute approximate surface area is 77.1 Å². The zero-order valence-corrected chi connectivity index (χ0v) is 8.73. The largest absolute Gasteiger partial charge is 0.380 e. The Kier molecular flexibility index (Phi) is 7.75. The molecule has 0 aliphatic heterocycles. The maximum Gasteiger partial charge on any atom is 0.0581 e. The van der Waals surface area contributed by atoms with E-state index in [-0.39, 0.29) is 0 Å². The van der Waals surface area contributed by atoms with E-state index >= 15 is 0 Å². The second kappa shape index (κ2) is 7.71. The van der Waals surface area contributed by atoms with Crippen molar-refractivity contribution in [3.8, 4) is 0 Å². The van der Waals surface area contributed by atoms with Crippen LogP contribution in [-0.4, -0.2) is 35.5 Å². The highest BCUT2D eigenvalue weighted by molar-refractivity contribution is 7.85. The van der Waals surface area contributed by atoms with Gasteiger partial charge in [0, 0.05) is 35.5 Å². The van der Waals surface area contributed by atoms with Crippen LogP contribution in [0.3, 0.4) is 0 Å². The first-order valence-electron chi connectivity index (χ1n) is 4.29. The first kappa shape index (κ1) is 12.1. The molecule has 0 aliphatic carbocycles. The fraction of sp³-hybridized carbons (Fsp3) is 1.00. The molecule has 0 fully saturated rings. The topological polar surface area (TPSA) is 52.3 Å². The first-order valence-corrected chi connectivity index (χ1v) is 5.78. The molecule has 1 atom stereocenters. The van der Waals surface area contributed by atoms with Crippen molar-refractivity contribution in [1.29, 1.82) is 0 Å². The summed E-state index contributed by atoms with van der Waals surface area (Å²) < 4.78 is 16.3. The van der Waals surface area contributed by atoms with Crippen molar-refractivity contribution in [2.75, 3.05) is 31.3 Å². The van der Waals surface area contributed by atoms with E-state index < -0.39 is 10.8 Å². The maximum atomic E-state index is 11.0. The standard InChI is InChI=1S/C8H19NO2S/c1-8(2)7-11-4-6-12(10)5-3-9/h8H,3-7,9H2,1-2H3. The highest BCUT2D eigenvalue weighted by atomic mass is 32.2. The van der Waals surface area contributed by atoms with Crippen LogP contribution in [0.15, 0.2) is 0 Å². The van der Waals surface area contributed by atoms with Crippen molar-refractivity contribution in [2.24, 2.45) is 11.7 Å². The van der Waals surface area contributed by atoms with E-state index in [9.17, 15) is 4.21 Å². The summed E-state index contributed by atoms with van der Waals surface area (Å²) in [5.41, 5.74) is 5.25. The molecule has 0 radical (unpaired) electrons. The minimum atomic E-state index is -0.785. The summed E-state index contributed by atoms with van der Waals surface area (Å²) >= 11 is 0. The van der Waals surface area contributed by atoms with E-state index in [1.807, 2.05) is 0 Å². The van der Waals surface area contributed by atoms with E-state index in [0.717, 1.165) is 6.61 Å². The summed E-state index contributed by atoms with van der Waals surface area (Å²) in [6, 6.07) is 0. The Balaban J connectivity index is 3.14. The summed E-state index contributed by atoms with van der Waals surface area (Å²) in [5.74, 6) is 1.75. The fourth-order valence-electron chi connectivity index (χ4n) is 0.704. The summed E-state index contributed by atoms with van der Waals surface area (Å²) in [5, 5.41) is 0. The Hall–Kier alpha value is 0.0700. The van der Waals surface area contributed by atoms with Crippen molar-refractivity contribution in [2.45, 2.75) is 13.8 Å². The average Bonchev–Trinajstić information content (AvgIpc) is 1.98. The van der Waals surface area contributed by atoms with Gasteiger partial charge in [-0.05, 0) is 5.92 Å². The SMILES string of the molecule is CC(C)COCCS(=O)CCN.